The van der Waals surface area contributed by atoms with Crippen LogP contribution in [0, 0.1) is 24.6 Å². The minimum atomic E-state index is -3.91. The summed E-state index contributed by atoms with van der Waals surface area (Å²) < 4.78 is 41.5. The number of hydrogen-bond donors (Lipinski definition) is 2. The first-order chi connectivity index (χ1) is 13.3. The van der Waals surface area contributed by atoms with Gasteiger partial charge in [-0.3, -0.25) is 4.98 Å². The number of fused-ring (bicyclic) bond motifs is 1. The Bertz CT molecular complexity index is 957. The summed E-state index contributed by atoms with van der Waals surface area (Å²) in [6, 6.07) is 3.89. The summed E-state index contributed by atoms with van der Waals surface area (Å²) in [6.45, 7) is 2.36. The van der Waals surface area contributed by atoms with Crippen molar-refractivity contribution in [1.29, 1.82) is 0 Å². The third kappa shape index (κ3) is 3.61. The zero-order valence-electron chi connectivity index (χ0n) is 15.5. The average molecular weight is 406 g/mol. The van der Waals surface area contributed by atoms with Crippen molar-refractivity contribution >= 4 is 15.8 Å². The number of halogens is 1. The summed E-state index contributed by atoms with van der Waals surface area (Å²) in [7, 11) is -3.91. The zero-order valence-corrected chi connectivity index (χ0v) is 16.3. The van der Waals surface area contributed by atoms with Crippen molar-refractivity contribution in [3.05, 3.63) is 48.2 Å². The normalized spacial score (nSPS) is 28.1. The van der Waals surface area contributed by atoms with E-state index in [-0.39, 0.29) is 22.8 Å². The molecule has 2 aromatic rings. The topological polar surface area (TPSA) is 95.4 Å². The van der Waals surface area contributed by atoms with Crippen LogP contribution in [0.5, 0.6) is 0 Å². The monoisotopic (exact) mass is 406 g/mol. The first-order valence-corrected chi connectivity index (χ1v) is 10.8. The van der Waals surface area contributed by atoms with Crippen molar-refractivity contribution in [2.75, 3.05) is 18.4 Å². The number of aliphatic hydroxyl groups is 1. The predicted molar refractivity (Wildman–Crippen MR) is 102 cm³/mol. The van der Waals surface area contributed by atoms with E-state index in [1.54, 1.807) is 31.6 Å². The molecule has 2 fully saturated rings. The number of nitrogens with zero attached hydrogens (tertiary/aromatic N) is 3. The summed E-state index contributed by atoms with van der Waals surface area (Å²) in [5.41, 5.74) is 0.695. The lowest BCUT2D eigenvalue weighted by molar-refractivity contribution is 0.0736. The molecule has 2 N–H and O–H groups in total. The Morgan fingerprint density at radius 3 is 2.68 bits per heavy atom. The van der Waals surface area contributed by atoms with Gasteiger partial charge in [-0.15, -0.1) is 0 Å². The molecule has 0 unspecified atom stereocenters. The lowest BCUT2D eigenvalue weighted by atomic mass is 9.77. The van der Waals surface area contributed by atoms with E-state index in [0.717, 1.165) is 0 Å². The lowest BCUT2D eigenvalue weighted by Gasteiger charge is -2.35. The van der Waals surface area contributed by atoms with E-state index in [1.807, 2.05) is 0 Å². The Labute approximate surface area is 163 Å². The quantitative estimate of drug-likeness (QED) is 0.804. The van der Waals surface area contributed by atoms with E-state index in [1.165, 1.54) is 16.4 Å². The second-order valence-corrected chi connectivity index (χ2v) is 9.56. The third-order valence-corrected chi connectivity index (χ3v) is 7.56. The fraction of sp³-hybridized carbons (Fsp3) is 0.474. The number of aliphatic hydroxyl groups excluding tert-OH is 1. The van der Waals surface area contributed by atoms with Crippen LogP contribution in [-0.2, 0) is 10.0 Å². The molecule has 0 bridgehead atoms. The fourth-order valence-corrected chi connectivity index (χ4v) is 5.95. The number of nitrogens with one attached hydrogen (secondary N) is 1. The number of benzene rings is 1. The molecular weight excluding hydrogens is 383 g/mol. The second kappa shape index (κ2) is 7.38. The molecule has 2 heterocycles. The Kier molecular flexibility index (Phi) is 5.07. The van der Waals surface area contributed by atoms with Crippen LogP contribution in [0.2, 0.25) is 0 Å². The SMILES string of the molecule is Cc1ccc(F)c(S(=O)(=O)N2C[C@H]3C[C@@H](Nc4cnccn4)[C@H](O)C[C@H]3C2)c1. The summed E-state index contributed by atoms with van der Waals surface area (Å²) in [5, 5.41) is 13.7. The summed E-state index contributed by atoms with van der Waals surface area (Å²) >= 11 is 0. The standard InChI is InChI=1S/C19H23FN4O3S/c1-12-2-3-15(20)18(6-12)28(26,27)24-10-13-7-16(17(25)8-14(13)11-24)23-19-9-21-4-5-22-19/h2-6,9,13-14,16-17,25H,7-8,10-11H2,1H3,(H,22,23)/t13-,14+,16-,17-/m1/s1. The van der Waals surface area contributed by atoms with Crippen molar-refractivity contribution < 1.29 is 17.9 Å². The molecule has 0 spiro atoms. The number of anilines is 1. The number of aryl methyl sites for hydroxylation is 1. The van der Waals surface area contributed by atoms with Crippen molar-refractivity contribution in [3.8, 4) is 0 Å². The maximum atomic E-state index is 14.2. The molecular formula is C19H23FN4O3S. The van der Waals surface area contributed by atoms with Crippen molar-refractivity contribution in [3.63, 3.8) is 0 Å². The largest absolute Gasteiger partial charge is 0.391 e. The highest BCUT2D eigenvalue weighted by molar-refractivity contribution is 7.89. The molecule has 1 saturated heterocycles. The van der Waals surface area contributed by atoms with E-state index in [0.29, 0.717) is 37.3 Å². The van der Waals surface area contributed by atoms with Gasteiger partial charge in [-0.2, -0.15) is 4.31 Å². The predicted octanol–water partition coefficient (Wildman–Crippen LogP) is 1.80. The second-order valence-electron chi connectivity index (χ2n) is 7.66. The van der Waals surface area contributed by atoms with Crippen molar-refractivity contribution in [2.45, 2.75) is 36.8 Å². The van der Waals surface area contributed by atoms with E-state index >= 15 is 0 Å². The van der Waals surface area contributed by atoms with Gasteiger partial charge in [0.15, 0.2) is 0 Å². The number of rotatable bonds is 4. The first-order valence-electron chi connectivity index (χ1n) is 9.31. The van der Waals surface area contributed by atoms with Crippen LogP contribution in [0.15, 0.2) is 41.7 Å². The highest BCUT2D eigenvalue weighted by Crippen LogP contribution is 2.39. The van der Waals surface area contributed by atoms with E-state index in [9.17, 15) is 17.9 Å². The number of hydrogen-bond acceptors (Lipinski definition) is 6. The van der Waals surface area contributed by atoms with Crippen molar-refractivity contribution in [1.82, 2.24) is 14.3 Å². The van der Waals surface area contributed by atoms with Gasteiger partial charge in [0.2, 0.25) is 10.0 Å². The highest BCUT2D eigenvalue weighted by atomic mass is 32.2. The van der Waals surface area contributed by atoms with Crippen LogP contribution < -0.4 is 5.32 Å². The minimum Gasteiger partial charge on any atom is -0.391 e. The van der Waals surface area contributed by atoms with Gasteiger partial charge in [-0.1, -0.05) is 6.07 Å². The molecule has 1 aromatic heterocycles. The molecule has 28 heavy (non-hydrogen) atoms. The van der Waals surface area contributed by atoms with E-state index in [2.05, 4.69) is 15.3 Å². The fourth-order valence-electron chi connectivity index (χ4n) is 4.25. The molecule has 0 amide bonds. The molecule has 1 aromatic carbocycles. The van der Waals surface area contributed by atoms with Gasteiger partial charge in [0.25, 0.3) is 0 Å². The van der Waals surface area contributed by atoms with Gasteiger partial charge in [0.1, 0.15) is 16.5 Å². The molecule has 150 valence electrons. The Morgan fingerprint density at radius 2 is 1.96 bits per heavy atom. The maximum Gasteiger partial charge on any atom is 0.246 e. The maximum absolute atomic E-state index is 14.2. The van der Waals surface area contributed by atoms with E-state index in [4.69, 9.17) is 0 Å². The highest BCUT2D eigenvalue weighted by Gasteiger charge is 2.45. The smallest absolute Gasteiger partial charge is 0.246 e. The molecule has 1 aliphatic heterocycles. The Balaban J connectivity index is 1.51. The lowest BCUT2D eigenvalue weighted by Crippen LogP contribution is -2.43. The van der Waals surface area contributed by atoms with Crippen molar-refractivity contribution in [2.24, 2.45) is 11.8 Å². The van der Waals surface area contributed by atoms with Gasteiger partial charge < -0.3 is 10.4 Å². The van der Waals surface area contributed by atoms with E-state index < -0.39 is 21.9 Å². The molecule has 1 saturated carbocycles. The third-order valence-electron chi connectivity index (χ3n) is 5.71. The number of aromatic nitrogens is 2. The zero-order chi connectivity index (χ0) is 19.9. The molecule has 0 radical (unpaired) electrons. The summed E-state index contributed by atoms with van der Waals surface area (Å²) in [4.78, 5) is 7.90. The summed E-state index contributed by atoms with van der Waals surface area (Å²) in [5.74, 6) is -0.00484. The molecule has 1 aliphatic carbocycles. The van der Waals surface area contributed by atoms with Crippen LogP contribution in [0.3, 0.4) is 0 Å². The average Bonchev–Trinajstić information content (AvgIpc) is 3.08. The van der Waals surface area contributed by atoms with Gasteiger partial charge in [-0.25, -0.2) is 17.8 Å². The van der Waals surface area contributed by atoms with Crippen LogP contribution >= 0.6 is 0 Å². The van der Waals surface area contributed by atoms with Crippen LogP contribution in [0.4, 0.5) is 10.2 Å². The van der Waals surface area contributed by atoms with Gasteiger partial charge in [0, 0.05) is 25.5 Å². The molecule has 4 atom stereocenters. The van der Waals surface area contributed by atoms with Crippen LogP contribution in [-0.4, -0.2) is 53.0 Å². The van der Waals surface area contributed by atoms with Gasteiger partial charge in [0.05, 0.1) is 18.3 Å². The molecule has 9 heteroatoms. The molecule has 4 rings (SSSR count). The van der Waals surface area contributed by atoms with Crippen LogP contribution in [0.25, 0.3) is 0 Å². The number of sulfonamides is 1. The Hall–Kier alpha value is -2.10. The van der Waals surface area contributed by atoms with Gasteiger partial charge >= 0.3 is 0 Å². The minimum absolute atomic E-state index is 0.0533. The first kappa shape index (κ1) is 19.2. The Morgan fingerprint density at radius 1 is 1.21 bits per heavy atom. The van der Waals surface area contributed by atoms with Crippen LogP contribution in [0.1, 0.15) is 18.4 Å². The molecule has 2 aliphatic rings. The molecule has 7 nitrogen and oxygen atoms in total. The summed E-state index contributed by atoms with van der Waals surface area (Å²) in [6.07, 6.45) is 5.23. The van der Waals surface area contributed by atoms with Gasteiger partial charge in [-0.05, 0) is 49.3 Å².